The first-order chi connectivity index (χ1) is 12.7. The lowest BCUT2D eigenvalue weighted by atomic mass is 9.93. The van der Waals surface area contributed by atoms with Gasteiger partial charge in [0.15, 0.2) is 5.78 Å². The van der Waals surface area contributed by atoms with E-state index in [4.69, 9.17) is 0 Å². The molecule has 0 aliphatic carbocycles. The molecule has 1 aromatic heterocycles. The lowest BCUT2D eigenvalue weighted by Crippen LogP contribution is -2.04. The van der Waals surface area contributed by atoms with Crippen molar-refractivity contribution in [1.82, 2.24) is 4.57 Å². The first-order valence-electron chi connectivity index (χ1n) is 9.31. The smallest absolute Gasteiger partial charge is 0.196 e. The summed E-state index contributed by atoms with van der Waals surface area (Å²) in [6, 6.07) is 20.5. The van der Waals surface area contributed by atoms with Crippen molar-refractivity contribution < 1.29 is 4.79 Å². The third kappa shape index (κ3) is 2.72. The summed E-state index contributed by atoms with van der Waals surface area (Å²) in [6.45, 7) is 5.16. The Morgan fingerprint density at radius 3 is 2.46 bits per heavy atom. The van der Waals surface area contributed by atoms with Crippen LogP contribution in [-0.2, 0) is 6.54 Å². The highest BCUT2D eigenvalue weighted by atomic mass is 16.1. The lowest BCUT2D eigenvalue weighted by Gasteiger charge is -2.09. The second-order valence-corrected chi connectivity index (χ2v) is 6.91. The van der Waals surface area contributed by atoms with Crippen LogP contribution in [-0.4, -0.2) is 10.4 Å². The minimum absolute atomic E-state index is 0.116. The van der Waals surface area contributed by atoms with Gasteiger partial charge in [0, 0.05) is 34.8 Å². The molecule has 2 heteroatoms. The number of unbranched alkanes of at least 4 members (excludes halogenated alkanes) is 1. The van der Waals surface area contributed by atoms with Crippen molar-refractivity contribution in [2.45, 2.75) is 33.2 Å². The number of benzene rings is 3. The van der Waals surface area contributed by atoms with E-state index in [1.54, 1.807) is 0 Å². The van der Waals surface area contributed by atoms with Gasteiger partial charge in [0.05, 0.1) is 0 Å². The van der Waals surface area contributed by atoms with Gasteiger partial charge in [-0.05, 0) is 35.7 Å². The van der Waals surface area contributed by atoms with Crippen LogP contribution in [0.3, 0.4) is 0 Å². The summed E-state index contributed by atoms with van der Waals surface area (Å²) in [7, 11) is 0. The van der Waals surface area contributed by atoms with Crippen molar-refractivity contribution in [2.24, 2.45) is 0 Å². The zero-order valence-corrected chi connectivity index (χ0v) is 15.3. The number of aryl methyl sites for hydroxylation is 2. The number of ketones is 1. The molecule has 0 fully saturated rings. The number of rotatable bonds is 5. The third-order valence-corrected chi connectivity index (χ3v) is 5.15. The summed E-state index contributed by atoms with van der Waals surface area (Å²) < 4.78 is 2.23. The predicted octanol–water partition coefficient (Wildman–Crippen LogP) is 6.13. The van der Waals surface area contributed by atoms with Gasteiger partial charge in [-0.2, -0.15) is 0 Å². The molecule has 26 heavy (non-hydrogen) atoms. The van der Waals surface area contributed by atoms with Gasteiger partial charge in [0.2, 0.25) is 0 Å². The average molecular weight is 341 g/mol. The Balaban J connectivity index is 1.91. The number of carbonyl (C=O) groups is 1. The maximum atomic E-state index is 13.6. The van der Waals surface area contributed by atoms with Gasteiger partial charge in [-0.1, -0.05) is 67.9 Å². The van der Waals surface area contributed by atoms with E-state index in [0.717, 1.165) is 57.8 Å². The van der Waals surface area contributed by atoms with Gasteiger partial charge in [-0.3, -0.25) is 4.79 Å². The fourth-order valence-electron chi connectivity index (χ4n) is 3.76. The van der Waals surface area contributed by atoms with Crippen LogP contribution in [0.4, 0.5) is 0 Å². The molecule has 0 amide bonds. The quantitative estimate of drug-likeness (QED) is 0.400. The number of hydrogen-bond donors (Lipinski definition) is 0. The van der Waals surface area contributed by atoms with Crippen molar-refractivity contribution in [1.29, 1.82) is 0 Å². The van der Waals surface area contributed by atoms with E-state index in [1.165, 1.54) is 0 Å². The zero-order chi connectivity index (χ0) is 18.1. The van der Waals surface area contributed by atoms with E-state index in [0.29, 0.717) is 0 Å². The second-order valence-electron chi connectivity index (χ2n) is 6.91. The molecule has 0 spiro atoms. The van der Waals surface area contributed by atoms with Crippen LogP contribution in [0.5, 0.6) is 0 Å². The van der Waals surface area contributed by atoms with Gasteiger partial charge in [0.25, 0.3) is 0 Å². The molecule has 0 atom stereocenters. The molecule has 0 N–H and O–H groups in total. The lowest BCUT2D eigenvalue weighted by molar-refractivity contribution is 0.104. The van der Waals surface area contributed by atoms with Crippen molar-refractivity contribution in [3.63, 3.8) is 0 Å². The van der Waals surface area contributed by atoms with Crippen LogP contribution < -0.4 is 0 Å². The van der Waals surface area contributed by atoms with E-state index in [-0.39, 0.29) is 5.78 Å². The number of para-hydroxylation sites is 1. The van der Waals surface area contributed by atoms with E-state index in [2.05, 4.69) is 35.8 Å². The van der Waals surface area contributed by atoms with Crippen LogP contribution in [0.25, 0.3) is 21.7 Å². The first kappa shape index (κ1) is 16.6. The summed E-state index contributed by atoms with van der Waals surface area (Å²) >= 11 is 0. The molecule has 3 aromatic carbocycles. The number of hydrogen-bond acceptors (Lipinski definition) is 1. The van der Waals surface area contributed by atoms with Crippen molar-refractivity contribution in [2.75, 3.05) is 0 Å². The monoisotopic (exact) mass is 341 g/mol. The van der Waals surface area contributed by atoms with Crippen LogP contribution in [0, 0.1) is 6.92 Å². The molecular weight excluding hydrogens is 318 g/mol. The third-order valence-electron chi connectivity index (χ3n) is 5.15. The second kappa shape index (κ2) is 6.80. The molecular formula is C24H23NO. The number of fused-ring (bicyclic) bond motifs is 2. The van der Waals surface area contributed by atoms with E-state index < -0.39 is 0 Å². The van der Waals surface area contributed by atoms with Crippen LogP contribution in [0.15, 0.2) is 66.9 Å². The SMILES string of the molecule is CCCCn1cc(C(=O)c2c(C)ccc3ccccc23)c2ccccc21. The Morgan fingerprint density at radius 1 is 0.923 bits per heavy atom. The van der Waals surface area contributed by atoms with Crippen LogP contribution >= 0.6 is 0 Å². The molecule has 4 rings (SSSR count). The highest BCUT2D eigenvalue weighted by Gasteiger charge is 2.20. The molecule has 0 aliphatic rings. The minimum atomic E-state index is 0.116. The topological polar surface area (TPSA) is 22.0 Å². The molecule has 130 valence electrons. The van der Waals surface area contributed by atoms with Gasteiger partial charge >= 0.3 is 0 Å². The maximum Gasteiger partial charge on any atom is 0.196 e. The van der Waals surface area contributed by atoms with Gasteiger partial charge in [0.1, 0.15) is 0 Å². The van der Waals surface area contributed by atoms with E-state index in [9.17, 15) is 4.79 Å². The van der Waals surface area contributed by atoms with Gasteiger partial charge in [-0.15, -0.1) is 0 Å². The average Bonchev–Trinajstić information content (AvgIpc) is 3.04. The van der Waals surface area contributed by atoms with Gasteiger partial charge < -0.3 is 4.57 Å². The molecule has 1 heterocycles. The summed E-state index contributed by atoms with van der Waals surface area (Å²) in [5.41, 5.74) is 3.79. The molecule has 4 aromatic rings. The molecule has 0 unspecified atom stereocenters. The number of aromatic nitrogens is 1. The molecule has 0 radical (unpaired) electrons. The highest BCUT2D eigenvalue weighted by molar-refractivity contribution is 6.22. The van der Waals surface area contributed by atoms with Crippen molar-refractivity contribution in [3.05, 3.63) is 83.6 Å². The standard InChI is InChI=1S/C24H23NO/c1-3-4-15-25-16-21(20-11-7-8-12-22(20)25)24(26)23-17(2)13-14-18-9-5-6-10-19(18)23/h5-14,16H,3-4,15H2,1-2H3. The first-order valence-corrected chi connectivity index (χ1v) is 9.31. The fourth-order valence-corrected chi connectivity index (χ4v) is 3.76. The Kier molecular flexibility index (Phi) is 4.34. The summed E-state index contributed by atoms with van der Waals surface area (Å²) in [6.07, 6.45) is 4.29. The largest absolute Gasteiger partial charge is 0.347 e. The summed E-state index contributed by atoms with van der Waals surface area (Å²) in [5, 5.41) is 3.18. The van der Waals surface area contributed by atoms with Crippen molar-refractivity contribution >= 4 is 27.5 Å². The number of nitrogens with zero attached hydrogens (tertiary/aromatic N) is 1. The van der Waals surface area contributed by atoms with Crippen LogP contribution in [0.1, 0.15) is 41.3 Å². The molecule has 0 saturated heterocycles. The Morgan fingerprint density at radius 2 is 1.65 bits per heavy atom. The minimum Gasteiger partial charge on any atom is -0.347 e. The molecule has 0 bridgehead atoms. The molecule has 0 saturated carbocycles. The van der Waals surface area contributed by atoms with E-state index >= 15 is 0 Å². The fraction of sp³-hybridized carbons (Fsp3) is 0.208. The molecule has 2 nitrogen and oxygen atoms in total. The normalized spacial score (nSPS) is 11.3. The Hall–Kier alpha value is -2.87. The molecule has 0 aliphatic heterocycles. The summed E-state index contributed by atoms with van der Waals surface area (Å²) in [5.74, 6) is 0.116. The number of carbonyl (C=O) groups excluding carboxylic acids is 1. The zero-order valence-electron chi connectivity index (χ0n) is 15.3. The Bertz CT molecular complexity index is 1100. The Labute approximate surface area is 154 Å². The summed E-state index contributed by atoms with van der Waals surface area (Å²) in [4.78, 5) is 13.6. The van der Waals surface area contributed by atoms with Crippen LogP contribution in [0.2, 0.25) is 0 Å². The van der Waals surface area contributed by atoms with Gasteiger partial charge in [-0.25, -0.2) is 0 Å². The highest BCUT2D eigenvalue weighted by Crippen LogP contribution is 2.29. The van der Waals surface area contributed by atoms with Crippen molar-refractivity contribution in [3.8, 4) is 0 Å². The maximum absolute atomic E-state index is 13.6. The van der Waals surface area contributed by atoms with E-state index in [1.807, 2.05) is 49.5 Å². The predicted molar refractivity (Wildman–Crippen MR) is 109 cm³/mol.